The van der Waals surface area contributed by atoms with Crippen LogP contribution in [-0.2, 0) is 17.5 Å². The molecule has 0 fully saturated rings. The molecule has 1 aromatic carbocycles. The van der Waals surface area contributed by atoms with E-state index in [0.29, 0.717) is 5.75 Å². The van der Waals surface area contributed by atoms with Crippen LogP contribution in [0, 0.1) is 0 Å². The summed E-state index contributed by atoms with van der Waals surface area (Å²) in [5, 5.41) is 0. The third-order valence-corrected chi connectivity index (χ3v) is 2.40. The average molecular weight is 199 g/mol. The molecule has 0 spiro atoms. The number of aryl methyl sites for hydroxylation is 1. The fourth-order valence-corrected chi connectivity index (χ4v) is 1.48. The quantitative estimate of drug-likeness (QED) is 0.569. The van der Waals surface area contributed by atoms with Gasteiger partial charge in [-0.3, -0.25) is 0 Å². The number of benzene rings is 1. The lowest BCUT2D eigenvalue weighted by atomic mass is 10.1. The van der Waals surface area contributed by atoms with Crippen LogP contribution in [0.2, 0.25) is 0 Å². The minimum atomic E-state index is -1.67. The van der Waals surface area contributed by atoms with Crippen molar-refractivity contribution in [1.29, 1.82) is 0 Å². The van der Waals surface area contributed by atoms with E-state index in [1.807, 2.05) is 24.3 Å². The van der Waals surface area contributed by atoms with Crippen LogP contribution in [0.3, 0.4) is 0 Å². The minimum Gasteiger partial charge on any atom is -0.399 e. The lowest BCUT2D eigenvalue weighted by molar-refractivity contribution is 0.561. The summed E-state index contributed by atoms with van der Waals surface area (Å²) in [5.74, 6) is 0.338. The van der Waals surface area contributed by atoms with Gasteiger partial charge in [-0.2, -0.15) is 0 Å². The normalized spacial score (nSPS) is 12.7. The summed E-state index contributed by atoms with van der Waals surface area (Å²) in [6.07, 6.45) is 1.56. The summed E-state index contributed by atoms with van der Waals surface area (Å²) in [4.78, 5) is 0. The molecule has 1 unspecified atom stereocenters. The van der Waals surface area contributed by atoms with Gasteiger partial charge in [-0.25, -0.2) is 4.21 Å². The molecule has 3 nitrogen and oxygen atoms in total. The number of hydrogen-bond donors (Lipinski definition) is 2. The topological polar surface area (TPSA) is 63.3 Å². The third kappa shape index (κ3) is 4.05. The van der Waals surface area contributed by atoms with Gasteiger partial charge in [-0.1, -0.05) is 12.1 Å². The largest absolute Gasteiger partial charge is 0.399 e. The van der Waals surface area contributed by atoms with E-state index in [1.54, 1.807) is 0 Å². The van der Waals surface area contributed by atoms with E-state index in [9.17, 15) is 4.21 Å². The van der Waals surface area contributed by atoms with Crippen molar-refractivity contribution in [2.45, 2.75) is 12.8 Å². The van der Waals surface area contributed by atoms with Crippen LogP contribution >= 0.6 is 0 Å². The monoisotopic (exact) mass is 199 g/mol. The number of anilines is 1. The van der Waals surface area contributed by atoms with Crippen molar-refractivity contribution in [3.8, 4) is 0 Å². The first-order chi connectivity index (χ1) is 6.18. The van der Waals surface area contributed by atoms with E-state index in [-0.39, 0.29) is 0 Å². The van der Waals surface area contributed by atoms with Crippen LogP contribution in [-0.4, -0.2) is 14.5 Å². The van der Waals surface area contributed by atoms with Crippen LogP contribution < -0.4 is 5.73 Å². The molecule has 0 aliphatic heterocycles. The first-order valence-electron chi connectivity index (χ1n) is 4.10. The Hall–Kier alpha value is -0.870. The summed E-state index contributed by atoms with van der Waals surface area (Å²) in [6, 6.07) is 7.56. The van der Waals surface area contributed by atoms with Gasteiger partial charge in [0, 0.05) is 11.4 Å². The molecule has 0 aliphatic carbocycles. The molecule has 1 atom stereocenters. The van der Waals surface area contributed by atoms with Crippen molar-refractivity contribution in [3.63, 3.8) is 0 Å². The zero-order valence-corrected chi connectivity index (χ0v) is 8.09. The summed E-state index contributed by atoms with van der Waals surface area (Å²) in [6.45, 7) is 0. The first-order valence-corrected chi connectivity index (χ1v) is 5.38. The molecule has 1 aromatic rings. The van der Waals surface area contributed by atoms with Crippen molar-refractivity contribution in [3.05, 3.63) is 29.8 Å². The van der Waals surface area contributed by atoms with Crippen molar-refractivity contribution >= 4 is 16.8 Å². The van der Waals surface area contributed by atoms with E-state index >= 15 is 0 Å². The van der Waals surface area contributed by atoms with E-state index in [2.05, 4.69) is 0 Å². The molecule has 0 bridgehead atoms. The Labute approximate surface area is 80.2 Å². The Morgan fingerprint density at radius 1 is 1.31 bits per heavy atom. The Bertz CT molecular complexity index is 284. The highest BCUT2D eigenvalue weighted by Gasteiger charge is 1.96. The third-order valence-electron chi connectivity index (χ3n) is 1.76. The van der Waals surface area contributed by atoms with Crippen molar-refractivity contribution in [2.24, 2.45) is 0 Å². The number of rotatable bonds is 4. The van der Waals surface area contributed by atoms with Gasteiger partial charge in [0.25, 0.3) is 0 Å². The first kappa shape index (κ1) is 10.2. The van der Waals surface area contributed by atoms with Gasteiger partial charge in [0.2, 0.25) is 0 Å². The zero-order valence-electron chi connectivity index (χ0n) is 7.27. The lowest BCUT2D eigenvalue weighted by Crippen LogP contribution is -1.97. The van der Waals surface area contributed by atoms with E-state index in [0.717, 1.165) is 24.1 Å². The second-order valence-electron chi connectivity index (χ2n) is 2.87. The Morgan fingerprint density at radius 3 is 2.46 bits per heavy atom. The van der Waals surface area contributed by atoms with Gasteiger partial charge >= 0.3 is 0 Å². The van der Waals surface area contributed by atoms with Gasteiger partial charge in [-0.15, -0.1) is 0 Å². The van der Waals surface area contributed by atoms with Crippen LogP contribution in [0.25, 0.3) is 0 Å². The van der Waals surface area contributed by atoms with Gasteiger partial charge in [0.15, 0.2) is 11.1 Å². The number of nitrogens with two attached hydrogens (primary N) is 1. The highest BCUT2D eigenvalue weighted by molar-refractivity contribution is 7.79. The summed E-state index contributed by atoms with van der Waals surface area (Å²) >= 11 is -1.67. The lowest BCUT2D eigenvalue weighted by Gasteiger charge is -1.99. The second kappa shape index (κ2) is 4.99. The van der Waals surface area contributed by atoms with Crippen molar-refractivity contribution in [2.75, 3.05) is 11.5 Å². The molecule has 0 saturated carbocycles. The smallest absolute Gasteiger partial charge is 0.152 e. The van der Waals surface area contributed by atoms with E-state index < -0.39 is 11.1 Å². The summed E-state index contributed by atoms with van der Waals surface area (Å²) in [7, 11) is 0. The predicted molar refractivity (Wildman–Crippen MR) is 54.8 cm³/mol. The summed E-state index contributed by atoms with van der Waals surface area (Å²) < 4.78 is 18.9. The molecule has 0 aromatic heterocycles. The van der Waals surface area contributed by atoms with Crippen LogP contribution in [0.5, 0.6) is 0 Å². The highest BCUT2D eigenvalue weighted by atomic mass is 32.2. The maximum absolute atomic E-state index is 10.3. The second-order valence-corrected chi connectivity index (χ2v) is 3.92. The highest BCUT2D eigenvalue weighted by Crippen LogP contribution is 2.07. The molecule has 0 saturated heterocycles. The Balaban J connectivity index is 2.37. The molecule has 0 radical (unpaired) electrons. The molecule has 72 valence electrons. The van der Waals surface area contributed by atoms with Crippen LogP contribution in [0.4, 0.5) is 5.69 Å². The van der Waals surface area contributed by atoms with Gasteiger partial charge in [-0.05, 0) is 30.5 Å². The summed E-state index contributed by atoms with van der Waals surface area (Å²) in [5.41, 5.74) is 7.41. The van der Waals surface area contributed by atoms with Crippen molar-refractivity contribution < 1.29 is 8.76 Å². The Morgan fingerprint density at radius 2 is 1.92 bits per heavy atom. The maximum atomic E-state index is 10.3. The fourth-order valence-electron chi connectivity index (χ4n) is 1.08. The van der Waals surface area contributed by atoms with Crippen LogP contribution in [0.15, 0.2) is 24.3 Å². The van der Waals surface area contributed by atoms with Gasteiger partial charge < -0.3 is 10.3 Å². The van der Waals surface area contributed by atoms with E-state index in [4.69, 9.17) is 10.3 Å². The number of nitrogen functional groups attached to an aromatic ring is 1. The fraction of sp³-hybridized carbons (Fsp3) is 0.333. The molecule has 0 amide bonds. The minimum absolute atomic E-state index is 0.338. The maximum Gasteiger partial charge on any atom is 0.152 e. The molecular formula is C9H13NO2S. The predicted octanol–water partition coefficient (Wildman–Crippen LogP) is 1.42. The molecule has 13 heavy (non-hydrogen) atoms. The van der Waals surface area contributed by atoms with Gasteiger partial charge in [0.1, 0.15) is 0 Å². The Kier molecular flexibility index (Phi) is 3.92. The molecule has 0 heterocycles. The molecular weight excluding hydrogens is 186 g/mol. The standard InChI is InChI=1S/C9H13NO2S/c10-9-5-3-8(4-6-9)2-1-7-13(11)12/h3-6H,1-2,7,10H2,(H,11,12). The number of hydrogen-bond acceptors (Lipinski definition) is 2. The molecule has 0 aliphatic rings. The van der Waals surface area contributed by atoms with Crippen molar-refractivity contribution in [1.82, 2.24) is 0 Å². The SMILES string of the molecule is Nc1ccc(CCCS(=O)O)cc1. The van der Waals surface area contributed by atoms with Crippen LogP contribution in [0.1, 0.15) is 12.0 Å². The molecule has 1 rings (SSSR count). The molecule has 4 heteroatoms. The van der Waals surface area contributed by atoms with Gasteiger partial charge in [0.05, 0.1) is 0 Å². The van der Waals surface area contributed by atoms with E-state index in [1.165, 1.54) is 0 Å². The molecule has 3 N–H and O–H groups in total. The average Bonchev–Trinajstić information content (AvgIpc) is 2.08. The zero-order chi connectivity index (χ0) is 9.68.